The highest BCUT2D eigenvalue weighted by Crippen LogP contribution is 2.17. The first-order valence-corrected chi connectivity index (χ1v) is 4.68. The molecule has 0 N–H and O–H groups in total. The molecular weight excluding hydrogens is 190 g/mol. The number of carbonyl (C=O) groups excluding carboxylic acids is 1. The van der Waals surface area contributed by atoms with Gasteiger partial charge in [-0.2, -0.15) is 0 Å². The van der Waals surface area contributed by atoms with E-state index in [9.17, 15) is 4.79 Å². The summed E-state index contributed by atoms with van der Waals surface area (Å²) in [7, 11) is 1.52. The Bertz CT molecular complexity index is 488. The van der Waals surface area contributed by atoms with E-state index in [4.69, 9.17) is 4.74 Å². The molecule has 0 spiro atoms. The Morgan fingerprint density at radius 3 is 3.07 bits per heavy atom. The van der Waals surface area contributed by atoms with E-state index in [2.05, 4.69) is 4.98 Å². The number of ketones is 1. The van der Waals surface area contributed by atoms with Crippen LogP contribution in [0.25, 0.3) is 10.8 Å². The first-order chi connectivity index (χ1) is 7.33. The zero-order valence-corrected chi connectivity index (χ0v) is 8.43. The van der Waals surface area contributed by atoms with Crippen LogP contribution in [0.5, 0.6) is 0 Å². The van der Waals surface area contributed by atoms with Crippen LogP contribution >= 0.6 is 0 Å². The van der Waals surface area contributed by atoms with Crippen LogP contribution < -0.4 is 0 Å². The Hall–Kier alpha value is -1.74. The van der Waals surface area contributed by atoms with Gasteiger partial charge in [0.2, 0.25) is 0 Å². The topological polar surface area (TPSA) is 39.2 Å². The normalized spacial score (nSPS) is 10.5. The minimum absolute atomic E-state index is 0.00528. The van der Waals surface area contributed by atoms with Crippen LogP contribution in [0.1, 0.15) is 10.4 Å². The van der Waals surface area contributed by atoms with Crippen molar-refractivity contribution >= 4 is 16.6 Å². The van der Waals surface area contributed by atoms with Gasteiger partial charge in [0.15, 0.2) is 5.78 Å². The maximum Gasteiger partial charge on any atom is 0.189 e. The summed E-state index contributed by atoms with van der Waals surface area (Å²) < 4.78 is 4.84. The Balaban J connectivity index is 2.56. The first kappa shape index (κ1) is 9.80. The molecule has 15 heavy (non-hydrogen) atoms. The van der Waals surface area contributed by atoms with E-state index in [0.29, 0.717) is 5.56 Å². The van der Waals surface area contributed by atoms with Gasteiger partial charge in [0.25, 0.3) is 0 Å². The lowest BCUT2D eigenvalue weighted by Crippen LogP contribution is -2.07. The molecule has 0 bridgehead atoms. The van der Waals surface area contributed by atoms with Crippen molar-refractivity contribution in [2.45, 2.75) is 0 Å². The summed E-state index contributed by atoms with van der Waals surface area (Å²) in [5.74, 6) is -0.00528. The molecule has 0 atom stereocenters. The standard InChI is InChI=1S/C12H11NO2/c1-15-8-12(14)11-4-2-3-9-7-13-6-5-10(9)11/h2-7H,8H2,1H3. The number of fused-ring (bicyclic) bond motifs is 1. The number of carbonyl (C=O) groups is 1. The average Bonchev–Trinajstić information content (AvgIpc) is 2.28. The lowest BCUT2D eigenvalue weighted by atomic mass is 10.0. The highest BCUT2D eigenvalue weighted by molar-refractivity contribution is 6.08. The third-order valence-corrected chi connectivity index (χ3v) is 2.26. The summed E-state index contributed by atoms with van der Waals surface area (Å²) >= 11 is 0. The second kappa shape index (κ2) is 4.19. The van der Waals surface area contributed by atoms with E-state index in [-0.39, 0.29) is 12.4 Å². The Morgan fingerprint density at radius 2 is 2.27 bits per heavy atom. The van der Waals surface area contributed by atoms with Gasteiger partial charge in [0, 0.05) is 30.5 Å². The number of benzene rings is 1. The number of hydrogen-bond acceptors (Lipinski definition) is 3. The summed E-state index contributed by atoms with van der Waals surface area (Å²) in [6.07, 6.45) is 3.44. The smallest absolute Gasteiger partial charge is 0.189 e. The van der Waals surface area contributed by atoms with Gasteiger partial charge in [-0.25, -0.2) is 0 Å². The van der Waals surface area contributed by atoms with E-state index < -0.39 is 0 Å². The molecule has 0 unspecified atom stereocenters. The molecule has 3 heteroatoms. The largest absolute Gasteiger partial charge is 0.377 e. The highest BCUT2D eigenvalue weighted by atomic mass is 16.5. The number of pyridine rings is 1. The van der Waals surface area contributed by atoms with Gasteiger partial charge in [-0.1, -0.05) is 18.2 Å². The quantitative estimate of drug-likeness (QED) is 0.713. The monoisotopic (exact) mass is 201 g/mol. The second-order valence-electron chi connectivity index (χ2n) is 3.26. The van der Waals surface area contributed by atoms with Crippen LogP contribution in [-0.2, 0) is 4.74 Å². The van der Waals surface area contributed by atoms with Crippen LogP contribution in [-0.4, -0.2) is 24.5 Å². The second-order valence-corrected chi connectivity index (χ2v) is 3.26. The fourth-order valence-electron chi connectivity index (χ4n) is 1.57. The van der Waals surface area contributed by atoms with Gasteiger partial charge < -0.3 is 4.74 Å². The molecule has 2 rings (SSSR count). The van der Waals surface area contributed by atoms with Crippen LogP contribution in [0.2, 0.25) is 0 Å². The van der Waals surface area contributed by atoms with Crippen molar-refractivity contribution < 1.29 is 9.53 Å². The molecule has 1 aromatic heterocycles. The first-order valence-electron chi connectivity index (χ1n) is 4.68. The van der Waals surface area contributed by atoms with Gasteiger partial charge >= 0.3 is 0 Å². The molecular formula is C12H11NO2. The van der Waals surface area contributed by atoms with Crippen molar-refractivity contribution in [1.29, 1.82) is 0 Å². The number of rotatable bonds is 3. The molecule has 0 fully saturated rings. The number of methoxy groups -OCH3 is 1. The molecule has 0 aliphatic carbocycles. The Morgan fingerprint density at radius 1 is 1.40 bits per heavy atom. The molecule has 3 nitrogen and oxygen atoms in total. The van der Waals surface area contributed by atoms with Crippen LogP contribution in [0.4, 0.5) is 0 Å². The van der Waals surface area contributed by atoms with E-state index >= 15 is 0 Å². The lowest BCUT2D eigenvalue weighted by molar-refractivity contribution is 0.0850. The maximum atomic E-state index is 11.7. The third-order valence-electron chi connectivity index (χ3n) is 2.26. The summed E-state index contributed by atoms with van der Waals surface area (Å²) in [5.41, 5.74) is 0.691. The summed E-state index contributed by atoms with van der Waals surface area (Å²) in [5, 5.41) is 1.90. The van der Waals surface area contributed by atoms with Gasteiger partial charge in [0.05, 0.1) is 0 Å². The number of hydrogen-bond donors (Lipinski definition) is 0. The fraction of sp³-hybridized carbons (Fsp3) is 0.167. The molecule has 0 saturated heterocycles. The molecule has 0 radical (unpaired) electrons. The van der Waals surface area contributed by atoms with Crippen molar-refractivity contribution in [2.24, 2.45) is 0 Å². The molecule has 0 aliphatic heterocycles. The fourth-order valence-corrected chi connectivity index (χ4v) is 1.57. The zero-order valence-electron chi connectivity index (χ0n) is 8.43. The zero-order chi connectivity index (χ0) is 10.7. The molecule has 0 saturated carbocycles. The van der Waals surface area contributed by atoms with Crippen molar-refractivity contribution in [1.82, 2.24) is 4.98 Å². The summed E-state index contributed by atoms with van der Waals surface area (Å²) in [4.78, 5) is 15.7. The van der Waals surface area contributed by atoms with E-state index in [1.807, 2.05) is 24.3 Å². The molecule has 2 aromatic rings. The van der Waals surface area contributed by atoms with E-state index in [1.165, 1.54) is 7.11 Å². The van der Waals surface area contributed by atoms with Crippen molar-refractivity contribution in [3.63, 3.8) is 0 Å². The lowest BCUT2D eigenvalue weighted by Gasteiger charge is -2.04. The number of ether oxygens (including phenoxy) is 1. The minimum Gasteiger partial charge on any atom is -0.377 e. The highest BCUT2D eigenvalue weighted by Gasteiger charge is 2.08. The molecule has 1 heterocycles. The minimum atomic E-state index is -0.00528. The molecule has 76 valence electrons. The van der Waals surface area contributed by atoms with Crippen LogP contribution in [0.3, 0.4) is 0 Å². The maximum absolute atomic E-state index is 11.7. The van der Waals surface area contributed by atoms with E-state index in [0.717, 1.165) is 10.8 Å². The third kappa shape index (κ3) is 1.87. The molecule has 0 aliphatic rings. The predicted molar refractivity (Wildman–Crippen MR) is 57.9 cm³/mol. The van der Waals surface area contributed by atoms with Crippen LogP contribution in [0, 0.1) is 0 Å². The van der Waals surface area contributed by atoms with E-state index in [1.54, 1.807) is 12.4 Å². The predicted octanol–water partition coefficient (Wildman–Crippen LogP) is 2.06. The number of nitrogens with zero attached hydrogens (tertiary/aromatic N) is 1. The number of aromatic nitrogens is 1. The Labute approximate surface area is 87.7 Å². The summed E-state index contributed by atoms with van der Waals surface area (Å²) in [6.45, 7) is 0.113. The van der Waals surface area contributed by atoms with Gasteiger partial charge in [-0.05, 0) is 11.5 Å². The number of Topliss-reactive ketones (excluding diaryl/α,β-unsaturated/α-hetero) is 1. The summed E-state index contributed by atoms with van der Waals surface area (Å²) in [6, 6.07) is 7.45. The van der Waals surface area contributed by atoms with Gasteiger partial charge in [0.1, 0.15) is 6.61 Å². The van der Waals surface area contributed by atoms with Crippen molar-refractivity contribution in [3.05, 3.63) is 42.2 Å². The average molecular weight is 201 g/mol. The SMILES string of the molecule is COCC(=O)c1cccc2cnccc12. The van der Waals surface area contributed by atoms with Crippen LogP contribution in [0.15, 0.2) is 36.7 Å². The Kier molecular flexibility index (Phi) is 2.74. The van der Waals surface area contributed by atoms with Gasteiger partial charge in [-0.3, -0.25) is 9.78 Å². The van der Waals surface area contributed by atoms with Gasteiger partial charge in [-0.15, -0.1) is 0 Å². The molecule has 0 amide bonds. The van der Waals surface area contributed by atoms with Crippen molar-refractivity contribution in [3.8, 4) is 0 Å². The molecule has 1 aromatic carbocycles. The van der Waals surface area contributed by atoms with Crippen molar-refractivity contribution in [2.75, 3.05) is 13.7 Å².